The van der Waals surface area contributed by atoms with Gasteiger partial charge in [0.05, 0.1) is 29.3 Å². The first-order valence-corrected chi connectivity index (χ1v) is 8.49. The summed E-state index contributed by atoms with van der Waals surface area (Å²) in [6, 6.07) is 5.13. The first-order chi connectivity index (χ1) is 11.9. The standard InChI is InChI=1S/C16H15N3O5S/c1-9-13(15(21)24-2)14(10-4-3-5-11(8-10)19(22)23)18-12(20)6-7-25-16(18)17-9/h3-5,8,14H,6-7H2,1-2H3/t14-/m0/s1. The maximum Gasteiger partial charge on any atom is 0.338 e. The molecule has 0 aromatic heterocycles. The largest absolute Gasteiger partial charge is 0.466 e. The number of allylic oxidation sites excluding steroid dienone is 1. The summed E-state index contributed by atoms with van der Waals surface area (Å²) in [5.74, 6) is -0.181. The number of thioether (sulfide) groups is 1. The molecule has 1 amide bonds. The van der Waals surface area contributed by atoms with Crippen molar-refractivity contribution in [1.29, 1.82) is 0 Å². The number of benzene rings is 1. The molecule has 0 unspecified atom stereocenters. The number of nitro groups is 1. The van der Waals surface area contributed by atoms with Gasteiger partial charge in [0.25, 0.3) is 5.69 Å². The molecule has 0 radical (unpaired) electrons. The highest BCUT2D eigenvalue weighted by molar-refractivity contribution is 8.14. The van der Waals surface area contributed by atoms with E-state index in [0.717, 1.165) is 0 Å². The molecule has 0 spiro atoms. The SMILES string of the molecule is COC(=O)C1=C(C)N=C2SCCC(=O)N2[C@H]1c1cccc([N+](=O)[O-])c1. The average Bonchev–Trinajstić information content (AvgIpc) is 2.60. The van der Waals surface area contributed by atoms with Gasteiger partial charge in [-0.25, -0.2) is 9.79 Å². The zero-order valence-corrected chi connectivity index (χ0v) is 14.4. The number of ether oxygens (including phenoxy) is 1. The highest BCUT2D eigenvalue weighted by atomic mass is 32.2. The molecule has 8 nitrogen and oxygen atoms in total. The lowest BCUT2D eigenvalue weighted by atomic mass is 9.94. The monoisotopic (exact) mass is 361 g/mol. The highest BCUT2D eigenvalue weighted by Crippen LogP contribution is 2.40. The molecule has 9 heteroatoms. The number of carbonyl (C=O) groups excluding carboxylic acids is 2. The summed E-state index contributed by atoms with van der Waals surface area (Å²) in [5, 5.41) is 11.6. The Morgan fingerprint density at radius 3 is 2.92 bits per heavy atom. The zero-order chi connectivity index (χ0) is 18.1. The van der Waals surface area contributed by atoms with Crippen LogP contribution in [-0.4, -0.2) is 39.7 Å². The molecule has 2 aliphatic heterocycles. The molecule has 3 rings (SSSR count). The highest BCUT2D eigenvalue weighted by Gasteiger charge is 2.41. The number of esters is 1. The van der Waals surface area contributed by atoms with Crippen molar-refractivity contribution in [1.82, 2.24) is 4.90 Å². The third-order valence-corrected chi connectivity index (χ3v) is 4.96. The number of nitrogens with zero attached hydrogens (tertiary/aromatic N) is 3. The summed E-state index contributed by atoms with van der Waals surface area (Å²) in [7, 11) is 1.25. The smallest absolute Gasteiger partial charge is 0.338 e. The number of rotatable bonds is 3. The van der Waals surface area contributed by atoms with E-state index in [0.29, 0.717) is 28.6 Å². The lowest BCUT2D eigenvalue weighted by molar-refractivity contribution is -0.384. The number of carbonyl (C=O) groups is 2. The van der Waals surface area contributed by atoms with Crippen molar-refractivity contribution in [2.24, 2.45) is 4.99 Å². The van der Waals surface area contributed by atoms with E-state index in [1.165, 1.54) is 42.0 Å². The lowest BCUT2D eigenvalue weighted by Crippen LogP contribution is -2.45. The Balaban J connectivity index is 2.19. The number of hydrogen-bond donors (Lipinski definition) is 0. The topological polar surface area (TPSA) is 102 Å². The maximum absolute atomic E-state index is 12.5. The minimum atomic E-state index is -0.792. The van der Waals surface area contributed by atoms with Gasteiger partial charge in [-0.05, 0) is 12.5 Å². The molecular weight excluding hydrogens is 346 g/mol. The van der Waals surface area contributed by atoms with E-state index in [-0.39, 0.29) is 17.2 Å². The average molecular weight is 361 g/mol. The summed E-state index contributed by atoms with van der Waals surface area (Å²) in [5.41, 5.74) is 1.01. The molecule has 1 saturated heterocycles. The fourth-order valence-corrected chi connectivity index (χ4v) is 3.90. The van der Waals surface area contributed by atoms with Crippen molar-refractivity contribution in [2.75, 3.05) is 12.9 Å². The van der Waals surface area contributed by atoms with E-state index in [1.807, 2.05) is 0 Å². The number of aliphatic imine (C=N–C) groups is 1. The zero-order valence-electron chi connectivity index (χ0n) is 13.6. The number of nitro benzene ring substituents is 1. The van der Waals surface area contributed by atoms with Crippen LogP contribution in [0.15, 0.2) is 40.5 Å². The first kappa shape index (κ1) is 17.2. The van der Waals surface area contributed by atoms with Crippen LogP contribution in [-0.2, 0) is 14.3 Å². The van der Waals surface area contributed by atoms with Gasteiger partial charge in [0.15, 0.2) is 5.17 Å². The van der Waals surface area contributed by atoms with Crippen LogP contribution in [0.3, 0.4) is 0 Å². The molecule has 0 bridgehead atoms. The molecule has 1 atom stereocenters. The first-order valence-electron chi connectivity index (χ1n) is 7.51. The molecule has 1 fully saturated rings. The van der Waals surface area contributed by atoms with E-state index in [2.05, 4.69) is 4.99 Å². The van der Waals surface area contributed by atoms with Crippen LogP contribution >= 0.6 is 11.8 Å². The third kappa shape index (κ3) is 3.02. The Morgan fingerprint density at radius 1 is 1.48 bits per heavy atom. The van der Waals surface area contributed by atoms with Crippen LogP contribution in [0.2, 0.25) is 0 Å². The maximum atomic E-state index is 12.5. The van der Waals surface area contributed by atoms with Gasteiger partial charge in [-0.1, -0.05) is 23.9 Å². The molecule has 2 aliphatic rings. The Kier molecular flexibility index (Phi) is 4.58. The molecule has 0 N–H and O–H groups in total. The minimum Gasteiger partial charge on any atom is -0.466 e. The molecule has 25 heavy (non-hydrogen) atoms. The predicted octanol–water partition coefficient (Wildman–Crippen LogP) is 2.42. The molecular formula is C16H15N3O5S. The lowest BCUT2D eigenvalue weighted by Gasteiger charge is -2.38. The van der Waals surface area contributed by atoms with Crippen LogP contribution in [0.25, 0.3) is 0 Å². The predicted molar refractivity (Wildman–Crippen MR) is 91.9 cm³/mol. The van der Waals surface area contributed by atoms with E-state index < -0.39 is 16.9 Å². The number of non-ortho nitro benzene ring substituents is 1. The van der Waals surface area contributed by atoms with Crippen LogP contribution in [0, 0.1) is 10.1 Å². The van der Waals surface area contributed by atoms with E-state index in [4.69, 9.17) is 4.74 Å². The summed E-state index contributed by atoms with van der Waals surface area (Å²) in [4.78, 5) is 41.3. The second kappa shape index (κ2) is 6.67. The number of fused-ring (bicyclic) bond motifs is 1. The van der Waals surface area contributed by atoms with E-state index in [1.54, 1.807) is 13.0 Å². The molecule has 0 aliphatic carbocycles. The summed E-state index contributed by atoms with van der Waals surface area (Å²) >= 11 is 1.42. The normalized spacial score (nSPS) is 20.1. The van der Waals surface area contributed by atoms with Crippen molar-refractivity contribution in [3.63, 3.8) is 0 Å². The molecule has 130 valence electrons. The van der Waals surface area contributed by atoms with Crippen LogP contribution in [0.5, 0.6) is 0 Å². The van der Waals surface area contributed by atoms with Crippen LogP contribution in [0.1, 0.15) is 24.9 Å². The number of methoxy groups -OCH3 is 1. The van der Waals surface area contributed by atoms with Gasteiger partial charge in [-0.3, -0.25) is 19.8 Å². The van der Waals surface area contributed by atoms with Crippen molar-refractivity contribution in [3.05, 3.63) is 51.2 Å². The Hall–Kier alpha value is -2.68. The molecule has 2 heterocycles. The van der Waals surface area contributed by atoms with Crippen molar-refractivity contribution in [3.8, 4) is 0 Å². The Bertz CT molecular complexity index is 833. The molecule has 1 aromatic carbocycles. The van der Waals surface area contributed by atoms with Gasteiger partial charge < -0.3 is 4.74 Å². The number of amides is 1. The van der Waals surface area contributed by atoms with Gasteiger partial charge in [0.2, 0.25) is 5.91 Å². The van der Waals surface area contributed by atoms with E-state index >= 15 is 0 Å². The van der Waals surface area contributed by atoms with Crippen LogP contribution in [0.4, 0.5) is 5.69 Å². The second-order valence-electron chi connectivity index (χ2n) is 5.50. The Morgan fingerprint density at radius 2 is 2.24 bits per heavy atom. The van der Waals surface area contributed by atoms with Gasteiger partial charge in [0, 0.05) is 24.3 Å². The summed E-state index contributed by atoms with van der Waals surface area (Å²) in [6.45, 7) is 1.67. The van der Waals surface area contributed by atoms with Gasteiger partial charge in [-0.15, -0.1) is 0 Å². The fraction of sp³-hybridized carbons (Fsp3) is 0.312. The summed E-state index contributed by atoms with van der Waals surface area (Å²) in [6.07, 6.45) is 0.308. The van der Waals surface area contributed by atoms with Crippen molar-refractivity contribution < 1.29 is 19.2 Å². The van der Waals surface area contributed by atoms with Gasteiger partial charge in [0.1, 0.15) is 0 Å². The number of hydrogen-bond acceptors (Lipinski definition) is 7. The summed E-state index contributed by atoms with van der Waals surface area (Å²) < 4.78 is 4.86. The minimum absolute atomic E-state index is 0.111. The molecule has 1 aromatic rings. The molecule has 0 saturated carbocycles. The second-order valence-corrected chi connectivity index (χ2v) is 6.56. The van der Waals surface area contributed by atoms with Crippen LogP contribution < -0.4 is 0 Å². The van der Waals surface area contributed by atoms with Crippen molar-refractivity contribution >= 4 is 34.5 Å². The van der Waals surface area contributed by atoms with Gasteiger partial charge in [-0.2, -0.15) is 0 Å². The Labute approximate surface area is 147 Å². The number of amidine groups is 1. The third-order valence-electron chi connectivity index (χ3n) is 4.01. The fourth-order valence-electron chi connectivity index (χ4n) is 2.89. The van der Waals surface area contributed by atoms with E-state index in [9.17, 15) is 19.7 Å². The quantitative estimate of drug-likeness (QED) is 0.465. The van der Waals surface area contributed by atoms with Crippen molar-refractivity contribution in [2.45, 2.75) is 19.4 Å². The van der Waals surface area contributed by atoms with Gasteiger partial charge >= 0.3 is 5.97 Å².